The second-order valence-electron chi connectivity index (χ2n) is 12.6. The van der Waals surface area contributed by atoms with Gasteiger partial charge in [-0.15, -0.1) is 11.3 Å². The number of thiophene rings is 1. The van der Waals surface area contributed by atoms with Gasteiger partial charge in [-0.05, 0) is 80.6 Å². The Morgan fingerprint density at radius 2 is 1.20 bits per heavy atom. The molecule has 0 aliphatic heterocycles. The van der Waals surface area contributed by atoms with Crippen molar-refractivity contribution in [2.45, 2.75) is 19.3 Å². The highest BCUT2D eigenvalue weighted by Gasteiger charge is 2.35. The molecule has 1 aliphatic rings. The lowest BCUT2D eigenvalue weighted by atomic mass is 9.82. The van der Waals surface area contributed by atoms with Crippen LogP contribution in [0.1, 0.15) is 25.0 Å². The molecule has 1 aromatic heterocycles. The first-order valence-corrected chi connectivity index (χ1v) is 16.4. The van der Waals surface area contributed by atoms with Gasteiger partial charge in [0.05, 0.1) is 10.4 Å². The van der Waals surface area contributed by atoms with Gasteiger partial charge in [0.2, 0.25) is 0 Å². The Hall–Kier alpha value is -5.18. The Kier molecular flexibility index (Phi) is 5.78. The highest BCUT2D eigenvalue weighted by molar-refractivity contribution is 7.26. The summed E-state index contributed by atoms with van der Waals surface area (Å²) in [6, 6.07) is 55.8. The summed E-state index contributed by atoms with van der Waals surface area (Å²) in [5.41, 5.74) is 11.4. The molecular weight excluding hydrogens is 563 g/mol. The maximum atomic E-state index is 2.49. The molecule has 1 aliphatic carbocycles. The van der Waals surface area contributed by atoms with Crippen LogP contribution in [0.15, 0.2) is 152 Å². The van der Waals surface area contributed by atoms with Crippen molar-refractivity contribution in [1.29, 1.82) is 0 Å². The normalized spacial score (nSPS) is 13.3. The Morgan fingerprint density at radius 3 is 2.09 bits per heavy atom. The Bertz CT molecular complexity index is 2410. The zero-order chi connectivity index (χ0) is 30.1. The first kappa shape index (κ1) is 26.2. The van der Waals surface area contributed by atoms with Crippen molar-refractivity contribution in [1.82, 2.24) is 0 Å². The van der Waals surface area contributed by atoms with Crippen molar-refractivity contribution in [3.8, 4) is 22.3 Å². The highest BCUT2D eigenvalue weighted by Crippen LogP contribution is 2.52. The highest BCUT2D eigenvalue weighted by atomic mass is 32.1. The quantitative estimate of drug-likeness (QED) is 0.196. The van der Waals surface area contributed by atoms with Crippen LogP contribution in [0.5, 0.6) is 0 Å². The summed E-state index contributed by atoms with van der Waals surface area (Å²) < 4.78 is 2.62. The van der Waals surface area contributed by atoms with Gasteiger partial charge in [-0.2, -0.15) is 0 Å². The van der Waals surface area contributed by atoms with Crippen LogP contribution < -0.4 is 4.90 Å². The summed E-state index contributed by atoms with van der Waals surface area (Å²) in [4.78, 5) is 2.49. The van der Waals surface area contributed by atoms with E-state index in [2.05, 4.69) is 170 Å². The predicted molar refractivity (Wildman–Crippen MR) is 195 cm³/mol. The molecule has 45 heavy (non-hydrogen) atoms. The number of hydrogen-bond acceptors (Lipinski definition) is 2. The van der Waals surface area contributed by atoms with Crippen LogP contribution in [-0.4, -0.2) is 0 Å². The van der Waals surface area contributed by atoms with Crippen molar-refractivity contribution in [3.63, 3.8) is 0 Å². The third-order valence-electron chi connectivity index (χ3n) is 9.63. The Labute approximate surface area is 267 Å². The summed E-state index contributed by atoms with van der Waals surface area (Å²) in [6.45, 7) is 4.70. The molecular formula is C43H31NS. The molecule has 8 aromatic rings. The molecule has 1 heterocycles. The summed E-state index contributed by atoms with van der Waals surface area (Å²) in [6.07, 6.45) is 0. The van der Waals surface area contributed by atoms with Gasteiger partial charge in [-0.1, -0.05) is 129 Å². The summed E-state index contributed by atoms with van der Waals surface area (Å²) in [5.74, 6) is 0. The minimum atomic E-state index is -0.0375. The fraction of sp³-hybridized carbons (Fsp3) is 0.0698. The standard InChI is InChI=1S/C43H31NS/c1-43(2)37-21-10-8-19-34(37)36-27-32(23-24-38(36)43)44(31-17-12-16-29(25-31)28-13-4-3-5-14-28)39-26-30-15-6-7-18-33(30)41-35-20-9-11-22-40(35)45-42(39)41/h3-27H,1-2H3. The molecule has 0 unspecified atom stereocenters. The minimum Gasteiger partial charge on any atom is -0.309 e. The molecule has 214 valence electrons. The van der Waals surface area contributed by atoms with Crippen LogP contribution in [0.25, 0.3) is 53.2 Å². The van der Waals surface area contributed by atoms with Crippen molar-refractivity contribution >= 4 is 59.3 Å². The van der Waals surface area contributed by atoms with E-state index in [1.807, 2.05) is 11.3 Å². The molecule has 0 atom stereocenters. The van der Waals surface area contributed by atoms with E-state index >= 15 is 0 Å². The first-order valence-electron chi connectivity index (χ1n) is 15.6. The van der Waals surface area contributed by atoms with Crippen LogP contribution >= 0.6 is 11.3 Å². The van der Waals surface area contributed by atoms with Gasteiger partial charge in [0.15, 0.2) is 0 Å². The topological polar surface area (TPSA) is 3.24 Å². The van der Waals surface area contributed by atoms with Crippen LogP contribution in [-0.2, 0) is 5.41 Å². The molecule has 0 saturated heterocycles. The molecule has 0 amide bonds. The smallest absolute Gasteiger partial charge is 0.0646 e. The summed E-state index contributed by atoms with van der Waals surface area (Å²) in [5, 5.41) is 5.20. The maximum Gasteiger partial charge on any atom is 0.0646 e. The third kappa shape index (κ3) is 3.99. The van der Waals surface area contributed by atoms with Crippen LogP contribution in [0.2, 0.25) is 0 Å². The van der Waals surface area contributed by atoms with E-state index in [-0.39, 0.29) is 5.41 Å². The van der Waals surface area contributed by atoms with Crippen molar-refractivity contribution in [2.75, 3.05) is 4.90 Å². The van der Waals surface area contributed by atoms with Gasteiger partial charge in [0, 0.05) is 32.3 Å². The second-order valence-corrected chi connectivity index (χ2v) is 13.6. The van der Waals surface area contributed by atoms with Crippen molar-refractivity contribution in [3.05, 3.63) is 163 Å². The lowest BCUT2D eigenvalue weighted by Gasteiger charge is -2.28. The van der Waals surface area contributed by atoms with E-state index in [4.69, 9.17) is 0 Å². The zero-order valence-electron chi connectivity index (χ0n) is 25.3. The predicted octanol–water partition coefficient (Wildman–Crippen LogP) is 12.7. The maximum absolute atomic E-state index is 2.49. The van der Waals surface area contributed by atoms with E-state index in [0.717, 1.165) is 5.69 Å². The molecule has 2 heteroatoms. The fourth-order valence-corrected chi connectivity index (χ4v) is 8.68. The first-order chi connectivity index (χ1) is 22.1. The van der Waals surface area contributed by atoms with E-state index in [1.165, 1.54) is 75.7 Å². The van der Waals surface area contributed by atoms with Crippen molar-refractivity contribution in [2.24, 2.45) is 0 Å². The number of fused-ring (bicyclic) bond motifs is 8. The van der Waals surface area contributed by atoms with Crippen LogP contribution in [0.3, 0.4) is 0 Å². The average molecular weight is 594 g/mol. The molecule has 0 N–H and O–H groups in total. The minimum absolute atomic E-state index is 0.0375. The zero-order valence-corrected chi connectivity index (χ0v) is 26.1. The van der Waals surface area contributed by atoms with Gasteiger partial charge in [0.25, 0.3) is 0 Å². The number of nitrogens with zero attached hydrogens (tertiary/aromatic N) is 1. The van der Waals surface area contributed by atoms with E-state index in [0.29, 0.717) is 0 Å². The fourth-order valence-electron chi connectivity index (χ4n) is 7.45. The Morgan fingerprint density at radius 1 is 0.511 bits per heavy atom. The van der Waals surface area contributed by atoms with E-state index in [1.54, 1.807) is 0 Å². The lowest BCUT2D eigenvalue weighted by molar-refractivity contribution is 0.660. The molecule has 9 rings (SSSR count). The SMILES string of the molecule is CC1(C)c2ccccc2-c2cc(N(c3cccc(-c4ccccc4)c3)c3cc4ccccc4c4c3sc3ccccc34)ccc21. The van der Waals surface area contributed by atoms with Crippen molar-refractivity contribution < 1.29 is 0 Å². The summed E-state index contributed by atoms with van der Waals surface area (Å²) in [7, 11) is 0. The number of hydrogen-bond donors (Lipinski definition) is 0. The molecule has 1 nitrogen and oxygen atoms in total. The molecule has 7 aromatic carbocycles. The van der Waals surface area contributed by atoms with Gasteiger partial charge >= 0.3 is 0 Å². The molecule has 0 fully saturated rings. The van der Waals surface area contributed by atoms with E-state index < -0.39 is 0 Å². The molecule has 0 spiro atoms. The number of rotatable bonds is 4. The number of anilines is 3. The monoisotopic (exact) mass is 593 g/mol. The van der Waals surface area contributed by atoms with Gasteiger partial charge in [-0.25, -0.2) is 0 Å². The molecule has 0 radical (unpaired) electrons. The van der Waals surface area contributed by atoms with E-state index in [9.17, 15) is 0 Å². The average Bonchev–Trinajstić information content (AvgIpc) is 3.59. The third-order valence-corrected chi connectivity index (χ3v) is 10.8. The second kappa shape index (κ2) is 9.92. The molecule has 0 bridgehead atoms. The summed E-state index contributed by atoms with van der Waals surface area (Å²) >= 11 is 1.89. The largest absolute Gasteiger partial charge is 0.309 e. The van der Waals surface area contributed by atoms with Crippen LogP contribution in [0, 0.1) is 0 Å². The van der Waals surface area contributed by atoms with Crippen LogP contribution in [0.4, 0.5) is 17.1 Å². The molecule has 0 saturated carbocycles. The lowest BCUT2D eigenvalue weighted by Crippen LogP contribution is -2.15. The number of benzene rings is 7. The van der Waals surface area contributed by atoms with Gasteiger partial charge in [-0.3, -0.25) is 0 Å². The Balaban J connectivity index is 1.36. The van der Waals surface area contributed by atoms with Gasteiger partial charge in [0.1, 0.15) is 0 Å². The van der Waals surface area contributed by atoms with Gasteiger partial charge < -0.3 is 4.90 Å².